The van der Waals surface area contributed by atoms with Gasteiger partial charge in [-0.25, -0.2) is 0 Å². The fraction of sp³-hybridized carbons (Fsp3) is 0.909. The third kappa shape index (κ3) is 3.66. The summed E-state index contributed by atoms with van der Waals surface area (Å²) in [6, 6.07) is 0.0189. The van der Waals surface area contributed by atoms with Crippen LogP contribution in [0.5, 0.6) is 0 Å². The van der Waals surface area contributed by atoms with Crippen molar-refractivity contribution in [3.63, 3.8) is 0 Å². The maximum atomic E-state index is 11.7. The van der Waals surface area contributed by atoms with Gasteiger partial charge in [0.05, 0.1) is 6.04 Å². The van der Waals surface area contributed by atoms with Crippen LogP contribution in [0.25, 0.3) is 0 Å². The molecule has 2 unspecified atom stereocenters. The lowest BCUT2D eigenvalue weighted by Crippen LogP contribution is -2.53. The van der Waals surface area contributed by atoms with Gasteiger partial charge in [0.2, 0.25) is 5.91 Å². The van der Waals surface area contributed by atoms with E-state index in [9.17, 15) is 4.79 Å². The summed E-state index contributed by atoms with van der Waals surface area (Å²) in [6.45, 7) is 9.20. The van der Waals surface area contributed by atoms with Gasteiger partial charge in [0.1, 0.15) is 0 Å². The van der Waals surface area contributed by atoms with Crippen LogP contribution in [-0.2, 0) is 4.79 Å². The van der Waals surface area contributed by atoms with Crippen LogP contribution >= 0.6 is 0 Å². The Bertz CT molecular complexity index is 200. The highest BCUT2D eigenvalue weighted by Gasteiger charge is 2.25. The lowest BCUT2D eigenvalue weighted by atomic mass is 9.95. The van der Waals surface area contributed by atoms with E-state index < -0.39 is 0 Å². The van der Waals surface area contributed by atoms with E-state index in [0.29, 0.717) is 5.92 Å². The van der Waals surface area contributed by atoms with Gasteiger partial charge in [-0.1, -0.05) is 6.92 Å². The van der Waals surface area contributed by atoms with Gasteiger partial charge in [0, 0.05) is 5.54 Å². The van der Waals surface area contributed by atoms with Crippen molar-refractivity contribution in [1.29, 1.82) is 0 Å². The second kappa shape index (κ2) is 4.30. The summed E-state index contributed by atoms with van der Waals surface area (Å²) < 4.78 is 0. The molecule has 0 aromatic carbocycles. The first-order valence-electron chi connectivity index (χ1n) is 5.44. The molecule has 0 aromatic rings. The highest BCUT2D eigenvalue weighted by atomic mass is 16.2. The van der Waals surface area contributed by atoms with Crippen molar-refractivity contribution < 1.29 is 4.79 Å². The number of carbonyl (C=O) groups excluding carboxylic acids is 1. The summed E-state index contributed by atoms with van der Waals surface area (Å²) in [5.41, 5.74) is -0.123. The lowest BCUT2D eigenvalue weighted by molar-refractivity contribution is -0.125. The van der Waals surface area contributed by atoms with Gasteiger partial charge in [-0.05, 0) is 46.1 Å². The Hall–Kier alpha value is -0.570. The Morgan fingerprint density at radius 3 is 2.43 bits per heavy atom. The summed E-state index contributed by atoms with van der Waals surface area (Å²) in [4.78, 5) is 11.7. The van der Waals surface area contributed by atoms with Crippen LogP contribution in [0.3, 0.4) is 0 Å². The molecule has 0 aliphatic carbocycles. The molecule has 1 aliphatic rings. The van der Waals surface area contributed by atoms with Gasteiger partial charge in [0.15, 0.2) is 0 Å². The van der Waals surface area contributed by atoms with Crippen molar-refractivity contribution in [3.05, 3.63) is 0 Å². The number of nitrogens with one attached hydrogen (secondary N) is 2. The molecule has 3 heteroatoms. The molecule has 2 N–H and O–H groups in total. The minimum Gasteiger partial charge on any atom is -0.350 e. The maximum absolute atomic E-state index is 11.7. The van der Waals surface area contributed by atoms with E-state index in [0.717, 1.165) is 19.4 Å². The van der Waals surface area contributed by atoms with Gasteiger partial charge in [-0.15, -0.1) is 0 Å². The Balaban J connectivity index is 2.38. The van der Waals surface area contributed by atoms with E-state index in [1.165, 1.54) is 0 Å². The Kier molecular flexibility index (Phi) is 3.53. The molecule has 2 atom stereocenters. The molecule has 3 nitrogen and oxygen atoms in total. The van der Waals surface area contributed by atoms with E-state index in [1.54, 1.807) is 0 Å². The van der Waals surface area contributed by atoms with Crippen molar-refractivity contribution in [2.75, 3.05) is 6.54 Å². The zero-order valence-corrected chi connectivity index (χ0v) is 9.68. The van der Waals surface area contributed by atoms with Crippen LogP contribution in [0.2, 0.25) is 0 Å². The zero-order chi connectivity index (χ0) is 10.8. The highest BCUT2D eigenvalue weighted by Crippen LogP contribution is 2.14. The second-order valence-corrected chi connectivity index (χ2v) is 5.38. The van der Waals surface area contributed by atoms with Crippen molar-refractivity contribution in [3.8, 4) is 0 Å². The molecule has 1 amide bonds. The lowest BCUT2D eigenvalue weighted by Gasteiger charge is -2.30. The standard InChI is InChI=1S/C11H22N2O/c1-8-5-6-9(12-7-8)10(14)13-11(2,3)4/h8-9,12H,5-7H2,1-4H3,(H,13,14). The van der Waals surface area contributed by atoms with Crippen LogP contribution in [0.4, 0.5) is 0 Å². The van der Waals surface area contributed by atoms with Gasteiger partial charge in [0.25, 0.3) is 0 Å². The molecule has 1 aliphatic heterocycles. The van der Waals surface area contributed by atoms with Gasteiger partial charge in [-0.3, -0.25) is 4.79 Å². The van der Waals surface area contributed by atoms with E-state index in [1.807, 2.05) is 20.8 Å². The number of hydrogen-bond acceptors (Lipinski definition) is 2. The molecule has 82 valence electrons. The van der Waals surface area contributed by atoms with Crippen LogP contribution in [0, 0.1) is 5.92 Å². The van der Waals surface area contributed by atoms with Crippen molar-refractivity contribution >= 4 is 5.91 Å². The summed E-state index contributed by atoms with van der Waals surface area (Å²) in [5, 5.41) is 6.28. The minimum absolute atomic E-state index is 0.0189. The summed E-state index contributed by atoms with van der Waals surface area (Å²) in [7, 11) is 0. The van der Waals surface area contributed by atoms with Gasteiger partial charge in [-0.2, -0.15) is 0 Å². The predicted molar refractivity (Wildman–Crippen MR) is 58.1 cm³/mol. The summed E-state index contributed by atoms with van der Waals surface area (Å²) in [6.07, 6.45) is 2.11. The number of carbonyl (C=O) groups is 1. The first-order valence-corrected chi connectivity index (χ1v) is 5.44. The first kappa shape index (κ1) is 11.5. The number of piperidine rings is 1. The molecule has 1 saturated heterocycles. The second-order valence-electron chi connectivity index (χ2n) is 5.38. The normalized spacial score (nSPS) is 28.6. The topological polar surface area (TPSA) is 41.1 Å². The first-order chi connectivity index (χ1) is 6.38. The average Bonchev–Trinajstić information content (AvgIpc) is 2.02. The fourth-order valence-electron chi connectivity index (χ4n) is 1.68. The maximum Gasteiger partial charge on any atom is 0.237 e. The zero-order valence-electron chi connectivity index (χ0n) is 9.68. The Morgan fingerprint density at radius 2 is 2.00 bits per heavy atom. The van der Waals surface area contributed by atoms with Crippen molar-refractivity contribution in [2.24, 2.45) is 5.92 Å². The minimum atomic E-state index is -0.123. The van der Waals surface area contributed by atoms with Crippen LogP contribution in [-0.4, -0.2) is 24.0 Å². The third-order valence-electron chi connectivity index (χ3n) is 2.48. The molecule has 1 rings (SSSR count). The molecule has 1 heterocycles. The van der Waals surface area contributed by atoms with Gasteiger partial charge < -0.3 is 10.6 Å². The van der Waals surface area contributed by atoms with Crippen molar-refractivity contribution in [1.82, 2.24) is 10.6 Å². The average molecular weight is 198 g/mol. The van der Waals surface area contributed by atoms with E-state index in [4.69, 9.17) is 0 Å². The molecule has 0 bridgehead atoms. The molecule has 0 spiro atoms. The Morgan fingerprint density at radius 1 is 1.36 bits per heavy atom. The van der Waals surface area contributed by atoms with E-state index >= 15 is 0 Å². The molecular formula is C11H22N2O. The van der Waals surface area contributed by atoms with Gasteiger partial charge >= 0.3 is 0 Å². The molecule has 1 fully saturated rings. The SMILES string of the molecule is CC1CCC(C(=O)NC(C)(C)C)NC1. The third-order valence-corrected chi connectivity index (χ3v) is 2.48. The number of hydrogen-bond donors (Lipinski definition) is 2. The molecule has 0 radical (unpaired) electrons. The molecule has 14 heavy (non-hydrogen) atoms. The summed E-state index contributed by atoms with van der Waals surface area (Å²) in [5.74, 6) is 0.845. The quantitative estimate of drug-likeness (QED) is 0.666. The summed E-state index contributed by atoms with van der Waals surface area (Å²) >= 11 is 0. The molecule has 0 aromatic heterocycles. The molecular weight excluding hydrogens is 176 g/mol. The van der Waals surface area contributed by atoms with Crippen LogP contribution in [0.15, 0.2) is 0 Å². The van der Waals surface area contributed by atoms with Crippen molar-refractivity contribution in [2.45, 2.75) is 52.1 Å². The fourth-order valence-corrected chi connectivity index (χ4v) is 1.68. The largest absolute Gasteiger partial charge is 0.350 e. The van der Waals surface area contributed by atoms with E-state index in [2.05, 4.69) is 17.6 Å². The number of amides is 1. The predicted octanol–water partition coefficient (Wildman–Crippen LogP) is 1.29. The molecule has 0 saturated carbocycles. The van der Waals surface area contributed by atoms with Crippen LogP contribution in [0.1, 0.15) is 40.5 Å². The smallest absolute Gasteiger partial charge is 0.237 e. The Labute approximate surface area is 86.6 Å². The van der Waals surface area contributed by atoms with Crippen LogP contribution < -0.4 is 10.6 Å². The highest BCUT2D eigenvalue weighted by molar-refractivity contribution is 5.82. The van der Waals surface area contributed by atoms with E-state index in [-0.39, 0.29) is 17.5 Å². The number of rotatable bonds is 1. The monoisotopic (exact) mass is 198 g/mol.